The Hall–Kier alpha value is -2.67. The van der Waals surface area contributed by atoms with Crippen molar-refractivity contribution in [2.24, 2.45) is 0 Å². The molecule has 1 atom stereocenters. The Bertz CT molecular complexity index is 871. The summed E-state index contributed by atoms with van der Waals surface area (Å²) in [6.45, 7) is 3.14. The molecule has 0 aliphatic carbocycles. The molecular weight excluding hydrogens is 362 g/mol. The largest absolute Gasteiger partial charge is 0.481 e. The number of piperidine rings is 1. The van der Waals surface area contributed by atoms with Gasteiger partial charge < -0.3 is 14.1 Å². The van der Waals surface area contributed by atoms with Crippen molar-refractivity contribution in [3.8, 4) is 17.2 Å². The van der Waals surface area contributed by atoms with Crippen LogP contribution in [0.2, 0.25) is 0 Å². The SMILES string of the molecule is C[C@@H](Oc1ccccc1)C(=O)N1CCC(c2nnc(-c3ccsc3)o2)CC1. The van der Waals surface area contributed by atoms with Gasteiger partial charge in [0.15, 0.2) is 6.10 Å². The molecule has 0 N–H and O–H groups in total. The van der Waals surface area contributed by atoms with Crippen molar-refractivity contribution in [1.82, 2.24) is 15.1 Å². The Labute approximate surface area is 161 Å². The van der Waals surface area contributed by atoms with E-state index in [-0.39, 0.29) is 11.8 Å². The third-order valence-electron chi connectivity index (χ3n) is 4.77. The molecule has 0 radical (unpaired) electrons. The number of thiophene rings is 1. The van der Waals surface area contributed by atoms with E-state index in [9.17, 15) is 4.79 Å². The van der Waals surface area contributed by atoms with Gasteiger partial charge in [-0.3, -0.25) is 4.79 Å². The van der Waals surface area contributed by atoms with Gasteiger partial charge in [-0.15, -0.1) is 10.2 Å². The summed E-state index contributed by atoms with van der Waals surface area (Å²) in [6, 6.07) is 11.4. The number of nitrogens with zero attached hydrogens (tertiary/aromatic N) is 3. The van der Waals surface area contributed by atoms with Gasteiger partial charge in [0.25, 0.3) is 5.91 Å². The first-order chi connectivity index (χ1) is 13.2. The molecule has 1 aliphatic rings. The number of carbonyl (C=O) groups is 1. The van der Waals surface area contributed by atoms with E-state index >= 15 is 0 Å². The number of para-hydroxylation sites is 1. The summed E-state index contributed by atoms with van der Waals surface area (Å²) in [5.74, 6) is 2.15. The molecule has 1 saturated heterocycles. The third-order valence-corrected chi connectivity index (χ3v) is 5.45. The van der Waals surface area contributed by atoms with Crippen LogP contribution in [0.5, 0.6) is 5.75 Å². The molecule has 7 heteroatoms. The molecule has 1 amide bonds. The monoisotopic (exact) mass is 383 g/mol. The summed E-state index contributed by atoms with van der Waals surface area (Å²) in [4.78, 5) is 14.5. The van der Waals surface area contributed by atoms with Crippen molar-refractivity contribution in [2.75, 3.05) is 13.1 Å². The van der Waals surface area contributed by atoms with Crippen LogP contribution in [0.1, 0.15) is 31.6 Å². The zero-order valence-electron chi connectivity index (χ0n) is 15.1. The molecule has 1 fully saturated rings. The highest BCUT2D eigenvalue weighted by Crippen LogP contribution is 2.30. The first kappa shape index (κ1) is 17.7. The number of amides is 1. The van der Waals surface area contributed by atoms with Gasteiger partial charge in [-0.2, -0.15) is 11.3 Å². The Morgan fingerprint density at radius 1 is 1.22 bits per heavy atom. The van der Waals surface area contributed by atoms with Crippen molar-refractivity contribution in [2.45, 2.75) is 31.8 Å². The van der Waals surface area contributed by atoms with E-state index in [0.717, 1.165) is 18.4 Å². The van der Waals surface area contributed by atoms with E-state index in [2.05, 4.69) is 10.2 Å². The predicted molar refractivity (Wildman–Crippen MR) is 103 cm³/mol. The first-order valence-corrected chi connectivity index (χ1v) is 10.0. The van der Waals surface area contributed by atoms with Gasteiger partial charge in [-0.25, -0.2) is 0 Å². The topological polar surface area (TPSA) is 68.5 Å². The molecule has 0 spiro atoms. The van der Waals surface area contributed by atoms with E-state index in [4.69, 9.17) is 9.15 Å². The van der Waals surface area contributed by atoms with Crippen LogP contribution in [0.4, 0.5) is 0 Å². The zero-order chi connectivity index (χ0) is 18.6. The summed E-state index contributed by atoms with van der Waals surface area (Å²) >= 11 is 1.60. The number of likely N-dealkylation sites (tertiary alicyclic amines) is 1. The number of hydrogen-bond acceptors (Lipinski definition) is 6. The smallest absolute Gasteiger partial charge is 0.263 e. The lowest BCUT2D eigenvalue weighted by atomic mass is 9.96. The Kier molecular flexibility index (Phi) is 5.20. The van der Waals surface area contributed by atoms with Gasteiger partial charge in [0, 0.05) is 30.0 Å². The van der Waals surface area contributed by atoms with Crippen LogP contribution in [0.3, 0.4) is 0 Å². The molecule has 6 nitrogen and oxygen atoms in total. The Balaban J connectivity index is 1.32. The molecule has 0 bridgehead atoms. The zero-order valence-corrected chi connectivity index (χ0v) is 15.9. The van der Waals surface area contributed by atoms with Gasteiger partial charge >= 0.3 is 0 Å². The van der Waals surface area contributed by atoms with Gasteiger partial charge in [0.2, 0.25) is 11.8 Å². The number of rotatable bonds is 5. The normalized spacial score (nSPS) is 16.3. The summed E-state index contributed by atoms with van der Waals surface area (Å²) in [6.07, 6.45) is 1.13. The van der Waals surface area contributed by atoms with E-state index in [1.165, 1.54) is 0 Å². The predicted octanol–water partition coefficient (Wildman–Crippen LogP) is 3.97. The fourth-order valence-corrected chi connectivity index (χ4v) is 3.89. The molecular formula is C20H21N3O3S. The molecule has 27 heavy (non-hydrogen) atoms. The number of carbonyl (C=O) groups excluding carboxylic acids is 1. The fraction of sp³-hybridized carbons (Fsp3) is 0.350. The van der Waals surface area contributed by atoms with E-state index < -0.39 is 6.10 Å². The lowest BCUT2D eigenvalue weighted by molar-refractivity contribution is -0.139. The summed E-state index contributed by atoms with van der Waals surface area (Å²) in [5.41, 5.74) is 0.957. The summed E-state index contributed by atoms with van der Waals surface area (Å²) < 4.78 is 11.6. The molecule has 140 valence electrons. The van der Waals surface area contributed by atoms with Crippen LogP contribution in [-0.4, -0.2) is 40.2 Å². The maximum absolute atomic E-state index is 12.7. The minimum absolute atomic E-state index is 0.0156. The number of aromatic nitrogens is 2. The van der Waals surface area contributed by atoms with E-state index in [1.807, 2.05) is 52.1 Å². The van der Waals surface area contributed by atoms with Crippen molar-refractivity contribution in [3.63, 3.8) is 0 Å². The fourth-order valence-electron chi connectivity index (χ4n) is 3.26. The maximum Gasteiger partial charge on any atom is 0.263 e. The van der Waals surface area contributed by atoms with E-state index in [1.54, 1.807) is 18.3 Å². The number of benzene rings is 1. The van der Waals surface area contributed by atoms with Gasteiger partial charge in [-0.05, 0) is 43.3 Å². The highest BCUT2D eigenvalue weighted by atomic mass is 32.1. The summed E-state index contributed by atoms with van der Waals surface area (Å²) in [5, 5.41) is 12.3. The summed E-state index contributed by atoms with van der Waals surface area (Å²) in [7, 11) is 0. The highest BCUT2D eigenvalue weighted by molar-refractivity contribution is 7.08. The second-order valence-electron chi connectivity index (χ2n) is 6.63. The van der Waals surface area contributed by atoms with Crippen LogP contribution in [-0.2, 0) is 4.79 Å². The second kappa shape index (κ2) is 7.92. The lowest BCUT2D eigenvalue weighted by Gasteiger charge is -2.32. The van der Waals surface area contributed by atoms with Crippen molar-refractivity contribution in [1.29, 1.82) is 0 Å². The molecule has 1 aliphatic heterocycles. The molecule has 3 heterocycles. The Morgan fingerprint density at radius 2 is 2.00 bits per heavy atom. The molecule has 1 aromatic carbocycles. The van der Waals surface area contributed by atoms with Crippen molar-refractivity contribution >= 4 is 17.2 Å². The number of ether oxygens (including phenoxy) is 1. The lowest BCUT2D eigenvalue weighted by Crippen LogP contribution is -2.44. The molecule has 0 unspecified atom stereocenters. The average molecular weight is 383 g/mol. The van der Waals surface area contributed by atoms with Crippen LogP contribution >= 0.6 is 11.3 Å². The Morgan fingerprint density at radius 3 is 2.70 bits per heavy atom. The molecule has 2 aromatic heterocycles. The maximum atomic E-state index is 12.7. The van der Waals surface area contributed by atoms with Crippen LogP contribution < -0.4 is 4.74 Å². The van der Waals surface area contributed by atoms with Crippen LogP contribution in [0.15, 0.2) is 51.6 Å². The standard InChI is InChI=1S/C20H21N3O3S/c1-14(25-17-5-3-2-4-6-17)20(24)23-10-7-15(8-11-23)18-21-22-19(26-18)16-9-12-27-13-16/h2-6,9,12-15H,7-8,10-11H2,1H3/t14-/m1/s1. The highest BCUT2D eigenvalue weighted by Gasteiger charge is 2.30. The van der Waals surface area contributed by atoms with Gasteiger partial charge in [0.05, 0.1) is 0 Å². The molecule has 4 rings (SSSR count). The van der Waals surface area contributed by atoms with Crippen molar-refractivity contribution < 1.29 is 13.9 Å². The first-order valence-electron chi connectivity index (χ1n) is 9.07. The van der Waals surface area contributed by atoms with Crippen molar-refractivity contribution in [3.05, 3.63) is 53.0 Å². The second-order valence-corrected chi connectivity index (χ2v) is 7.41. The van der Waals surface area contributed by atoms with E-state index in [0.29, 0.717) is 30.6 Å². The minimum atomic E-state index is -0.502. The van der Waals surface area contributed by atoms with Crippen LogP contribution in [0.25, 0.3) is 11.5 Å². The third kappa shape index (κ3) is 4.03. The quantitative estimate of drug-likeness (QED) is 0.667. The molecule has 3 aromatic rings. The van der Waals surface area contributed by atoms with Gasteiger partial charge in [0.1, 0.15) is 5.75 Å². The van der Waals surface area contributed by atoms with Gasteiger partial charge in [-0.1, -0.05) is 18.2 Å². The van der Waals surface area contributed by atoms with Crippen LogP contribution in [0, 0.1) is 0 Å². The average Bonchev–Trinajstić information content (AvgIpc) is 3.40. The molecule has 0 saturated carbocycles. The number of hydrogen-bond donors (Lipinski definition) is 0. The minimum Gasteiger partial charge on any atom is -0.481 e.